The van der Waals surface area contributed by atoms with Crippen LogP contribution in [0.25, 0.3) is 11.3 Å². The van der Waals surface area contributed by atoms with E-state index >= 15 is 0 Å². The minimum Gasteiger partial charge on any atom is -0.465 e. The van der Waals surface area contributed by atoms with Crippen molar-refractivity contribution in [2.75, 3.05) is 11.4 Å². The van der Waals surface area contributed by atoms with Crippen molar-refractivity contribution in [1.82, 2.24) is 19.9 Å². The molecule has 0 radical (unpaired) electrons. The second kappa shape index (κ2) is 8.83. The molecule has 0 unspecified atom stereocenters. The Morgan fingerprint density at radius 2 is 2.10 bits per heavy atom. The van der Waals surface area contributed by atoms with Gasteiger partial charge in [0.05, 0.1) is 12.2 Å². The summed E-state index contributed by atoms with van der Waals surface area (Å²) in [5.74, 6) is -0.0610. The molecule has 9 nitrogen and oxygen atoms in total. The summed E-state index contributed by atoms with van der Waals surface area (Å²) in [6.45, 7) is 8.48. The highest BCUT2D eigenvalue weighted by Gasteiger charge is 2.38. The molecule has 0 spiro atoms. The second-order valence-electron chi connectivity index (χ2n) is 8.06. The van der Waals surface area contributed by atoms with E-state index in [1.54, 1.807) is 9.58 Å². The lowest BCUT2D eigenvalue weighted by molar-refractivity contribution is -0.117. The number of amides is 2. The van der Waals surface area contributed by atoms with Crippen molar-refractivity contribution in [3.63, 3.8) is 0 Å². The van der Waals surface area contributed by atoms with Crippen LogP contribution in [0.1, 0.15) is 52.1 Å². The first-order valence-corrected chi connectivity index (χ1v) is 10.3. The number of aryl methyl sites for hydroxylation is 1. The van der Waals surface area contributed by atoms with Gasteiger partial charge in [-0.25, -0.2) is 4.79 Å². The first-order chi connectivity index (χ1) is 14.2. The maximum absolute atomic E-state index is 12.3. The van der Waals surface area contributed by atoms with E-state index in [0.717, 1.165) is 23.2 Å². The topological polar surface area (TPSA) is 118 Å². The first-order valence-electron chi connectivity index (χ1n) is 10.3. The molecule has 1 aromatic heterocycles. The van der Waals surface area contributed by atoms with Crippen LogP contribution in [0.4, 0.5) is 10.5 Å². The Hall–Kier alpha value is -2.94. The van der Waals surface area contributed by atoms with E-state index in [-0.39, 0.29) is 24.0 Å². The fraction of sp³-hybridized carbons (Fsp3) is 0.524. The zero-order chi connectivity index (χ0) is 22.0. The predicted molar refractivity (Wildman–Crippen MR) is 114 cm³/mol. The van der Waals surface area contributed by atoms with Crippen LogP contribution in [0.3, 0.4) is 0 Å². The summed E-state index contributed by atoms with van der Waals surface area (Å²) < 4.78 is 1.75. The zero-order valence-corrected chi connectivity index (χ0v) is 17.9. The van der Waals surface area contributed by atoms with Crippen LogP contribution in [0.5, 0.6) is 0 Å². The second-order valence-corrected chi connectivity index (χ2v) is 8.06. The SMILES string of the molecule is CC(=O)N1c2ccc(-c3cn(CCCN)nn3)cc2[C@H](N(C(=O)O)C(C)C)C[C@@H]1C. The van der Waals surface area contributed by atoms with Crippen LogP contribution in [-0.2, 0) is 11.3 Å². The number of carbonyl (C=O) groups excluding carboxylic acids is 1. The molecule has 2 aromatic rings. The highest BCUT2D eigenvalue weighted by molar-refractivity contribution is 5.94. The summed E-state index contributed by atoms with van der Waals surface area (Å²) in [5, 5.41) is 18.3. The molecule has 1 aliphatic heterocycles. The van der Waals surface area contributed by atoms with Gasteiger partial charge in [0.1, 0.15) is 5.69 Å². The van der Waals surface area contributed by atoms with E-state index in [2.05, 4.69) is 10.3 Å². The third-order valence-electron chi connectivity index (χ3n) is 5.53. The van der Waals surface area contributed by atoms with E-state index in [9.17, 15) is 14.7 Å². The molecular weight excluding hydrogens is 384 g/mol. The molecular formula is C21H30N6O3. The average molecular weight is 415 g/mol. The molecule has 2 heterocycles. The van der Waals surface area contributed by atoms with Crippen LogP contribution in [-0.4, -0.2) is 55.6 Å². The van der Waals surface area contributed by atoms with Gasteiger partial charge in [-0.1, -0.05) is 11.3 Å². The number of nitrogens with two attached hydrogens (primary N) is 1. The summed E-state index contributed by atoms with van der Waals surface area (Å²) in [5.41, 5.74) is 8.67. The van der Waals surface area contributed by atoms with Crippen LogP contribution < -0.4 is 10.6 Å². The summed E-state index contributed by atoms with van der Waals surface area (Å²) in [6, 6.07) is 5.07. The van der Waals surface area contributed by atoms with Crippen LogP contribution in [0.15, 0.2) is 24.4 Å². The van der Waals surface area contributed by atoms with Gasteiger partial charge in [0.2, 0.25) is 5.91 Å². The number of carbonyl (C=O) groups is 2. The van der Waals surface area contributed by atoms with Crippen molar-refractivity contribution >= 4 is 17.7 Å². The van der Waals surface area contributed by atoms with Gasteiger partial charge in [-0.05, 0) is 57.9 Å². The summed E-state index contributed by atoms with van der Waals surface area (Å²) in [7, 11) is 0. The molecule has 3 N–H and O–H groups in total. The summed E-state index contributed by atoms with van der Waals surface area (Å²) in [6.07, 6.45) is 2.23. The molecule has 0 saturated heterocycles. The molecule has 1 aliphatic rings. The number of aromatic nitrogens is 3. The van der Waals surface area contributed by atoms with E-state index < -0.39 is 6.09 Å². The highest BCUT2D eigenvalue weighted by atomic mass is 16.4. The fourth-order valence-corrected chi connectivity index (χ4v) is 4.24. The molecule has 30 heavy (non-hydrogen) atoms. The average Bonchev–Trinajstić information content (AvgIpc) is 3.14. The van der Waals surface area contributed by atoms with Crippen molar-refractivity contribution in [2.24, 2.45) is 5.73 Å². The van der Waals surface area contributed by atoms with Crippen molar-refractivity contribution in [1.29, 1.82) is 0 Å². The Labute approximate surface area is 176 Å². The minimum absolute atomic E-state index is 0.0610. The van der Waals surface area contributed by atoms with Crippen molar-refractivity contribution in [3.05, 3.63) is 30.0 Å². The maximum Gasteiger partial charge on any atom is 0.408 e. The molecule has 0 fully saturated rings. The van der Waals surface area contributed by atoms with Crippen LogP contribution >= 0.6 is 0 Å². The van der Waals surface area contributed by atoms with E-state index in [4.69, 9.17) is 5.73 Å². The number of anilines is 1. The molecule has 162 valence electrons. The van der Waals surface area contributed by atoms with Crippen LogP contribution in [0, 0.1) is 0 Å². The van der Waals surface area contributed by atoms with E-state index in [1.165, 1.54) is 11.8 Å². The number of fused-ring (bicyclic) bond motifs is 1. The quantitative estimate of drug-likeness (QED) is 0.750. The van der Waals surface area contributed by atoms with Gasteiger partial charge in [0.15, 0.2) is 0 Å². The number of hydrogen-bond acceptors (Lipinski definition) is 5. The number of carboxylic acid groups (broad SMARTS) is 1. The van der Waals surface area contributed by atoms with Gasteiger partial charge in [-0.3, -0.25) is 14.4 Å². The first kappa shape index (κ1) is 21.8. The Bertz CT molecular complexity index is 925. The smallest absolute Gasteiger partial charge is 0.408 e. The van der Waals surface area contributed by atoms with Gasteiger partial charge >= 0.3 is 6.09 Å². The predicted octanol–water partition coefficient (Wildman–Crippen LogP) is 2.87. The Kier molecular flexibility index (Phi) is 6.40. The lowest BCUT2D eigenvalue weighted by Gasteiger charge is -2.43. The minimum atomic E-state index is -0.970. The van der Waals surface area contributed by atoms with Crippen molar-refractivity contribution in [3.8, 4) is 11.3 Å². The Balaban J connectivity index is 2.08. The Morgan fingerprint density at radius 1 is 1.37 bits per heavy atom. The normalized spacial score (nSPS) is 18.4. The molecule has 0 bridgehead atoms. The Morgan fingerprint density at radius 3 is 2.70 bits per heavy atom. The molecule has 3 rings (SSSR count). The monoisotopic (exact) mass is 414 g/mol. The number of rotatable bonds is 6. The molecule has 1 aromatic carbocycles. The maximum atomic E-state index is 12.3. The van der Waals surface area contributed by atoms with Gasteiger partial charge < -0.3 is 15.7 Å². The van der Waals surface area contributed by atoms with Crippen molar-refractivity contribution < 1.29 is 14.7 Å². The standard InChI is InChI=1S/C21H30N6O3/c1-13(2)26(21(29)30)20-10-14(3)27(15(4)28)19-7-6-16(11-17(19)20)18-12-25(24-23-18)9-5-8-22/h6-7,11-14,20H,5,8-10,22H2,1-4H3,(H,29,30)/t14-,20+/m0/s1. The largest absolute Gasteiger partial charge is 0.465 e. The van der Waals surface area contributed by atoms with E-state index in [1.807, 2.05) is 45.2 Å². The zero-order valence-electron chi connectivity index (χ0n) is 17.9. The van der Waals surface area contributed by atoms with Gasteiger partial charge in [-0.2, -0.15) is 0 Å². The van der Waals surface area contributed by atoms with Gasteiger partial charge in [-0.15, -0.1) is 5.10 Å². The van der Waals surface area contributed by atoms with Crippen LogP contribution in [0.2, 0.25) is 0 Å². The molecule has 2 amide bonds. The molecule has 2 atom stereocenters. The lowest BCUT2D eigenvalue weighted by atomic mass is 9.88. The molecule has 0 saturated carbocycles. The third kappa shape index (κ3) is 4.16. The van der Waals surface area contributed by atoms with Gasteiger partial charge in [0.25, 0.3) is 0 Å². The summed E-state index contributed by atoms with van der Waals surface area (Å²) in [4.78, 5) is 27.6. The summed E-state index contributed by atoms with van der Waals surface area (Å²) >= 11 is 0. The third-order valence-corrected chi connectivity index (χ3v) is 5.53. The molecule has 0 aliphatic carbocycles. The highest BCUT2D eigenvalue weighted by Crippen LogP contribution is 2.42. The number of benzene rings is 1. The lowest BCUT2D eigenvalue weighted by Crippen LogP contribution is -2.48. The fourth-order valence-electron chi connectivity index (χ4n) is 4.24. The van der Waals surface area contributed by atoms with Gasteiger partial charge in [0, 0.05) is 36.8 Å². The number of hydrogen-bond donors (Lipinski definition) is 2. The molecule has 9 heteroatoms. The van der Waals surface area contributed by atoms with E-state index in [0.29, 0.717) is 25.2 Å². The number of nitrogens with zero attached hydrogens (tertiary/aromatic N) is 5. The van der Waals surface area contributed by atoms with Crippen molar-refractivity contribution in [2.45, 2.75) is 65.2 Å².